The molecule has 10 nitrogen and oxygen atoms in total. The molecule has 2 aromatic carbocycles. The standard InChI is InChI=1S/C29H25FN6O4/c1-17-26(29(39)36(34(17)2)20-6-4-3-5-7-20)28(38)31-19-10-12-23(22(30)14-19)40-21-11-13-25-32-24(16-35(25)15-21)33-27(37)18-8-9-18/h3-7,10-16,18H,8-9H2,1-2H3,(H,31,38)(H,33,37). The molecule has 2 N–H and O–H groups in total. The normalized spacial score (nSPS) is 12.9. The zero-order chi connectivity index (χ0) is 28.0. The third-order valence-electron chi connectivity index (χ3n) is 6.82. The smallest absolute Gasteiger partial charge is 0.284 e. The van der Waals surface area contributed by atoms with Crippen molar-refractivity contribution < 1.29 is 18.7 Å². The van der Waals surface area contributed by atoms with Crippen LogP contribution in [-0.4, -0.2) is 30.6 Å². The van der Waals surface area contributed by atoms with Gasteiger partial charge in [-0.3, -0.25) is 19.1 Å². The van der Waals surface area contributed by atoms with Crippen LogP contribution < -0.4 is 20.9 Å². The molecule has 0 unspecified atom stereocenters. The van der Waals surface area contributed by atoms with E-state index in [1.165, 1.54) is 16.8 Å². The van der Waals surface area contributed by atoms with E-state index in [9.17, 15) is 18.8 Å². The van der Waals surface area contributed by atoms with Gasteiger partial charge in [0.15, 0.2) is 17.4 Å². The van der Waals surface area contributed by atoms with E-state index >= 15 is 0 Å². The van der Waals surface area contributed by atoms with E-state index < -0.39 is 17.3 Å². The number of hydrogen-bond donors (Lipinski definition) is 2. The summed E-state index contributed by atoms with van der Waals surface area (Å²) in [4.78, 5) is 42.5. The second-order valence-electron chi connectivity index (χ2n) is 9.66. The fraction of sp³-hybridized carbons (Fsp3) is 0.172. The Balaban J connectivity index is 1.18. The van der Waals surface area contributed by atoms with Crippen LogP contribution >= 0.6 is 0 Å². The van der Waals surface area contributed by atoms with Crippen LogP contribution in [0.15, 0.2) is 77.9 Å². The number of fused-ring (bicyclic) bond motifs is 1. The first-order chi connectivity index (χ1) is 19.3. The highest BCUT2D eigenvalue weighted by molar-refractivity contribution is 6.05. The summed E-state index contributed by atoms with van der Waals surface area (Å²) in [6, 6.07) is 16.3. The number of para-hydroxylation sites is 1. The number of amides is 2. The van der Waals surface area contributed by atoms with Crippen LogP contribution in [0.25, 0.3) is 11.3 Å². The number of carbonyl (C=O) groups is 2. The van der Waals surface area contributed by atoms with Crippen molar-refractivity contribution in [1.82, 2.24) is 18.7 Å². The summed E-state index contributed by atoms with van der Waals surface area (Å²) in [6.07, 6.45) is 5.07. The van der Waals surface area contributed by atoms with Crippen molar-refractivity contribution in [1.29, 1.82) is 0 Å². The van der Waals surface area contributed by atoms with Crippen LogP contribution in [-0.2, 0) is 11.8 Å². The molecule has 5 aromatic rings. The Morgan fingerprint density at radius 2 is 1.80 bits per heavy atom. The molecule has 202 valence electrons. The molecule has 1 aliphatic carbocycles. The first-order valence-corrected chi connectivity index (χ1v) is 12.7. The number of hydrogen-bond acceptors (Lipinski definition) is 5. The summed E-state index contributed by atoms with van der Waals surface area (Å²) in [5.74, 6) is -0.598. The van der Waals surface area contributed by atoms with Gasteiger partial charge in [0.2, 0.25) is 5.91 Å². The van der Waals surface area contributed by atoms with E-state index in [4.69, 9.17) is 4.74 Å². The van der Waals surface area contributed by atoms with Gasteiger partial charge in [0.05, 0.1) is 23.8 Å². The lowest BCUT2D eigenvalue weighted by atomic mass is 10.2. The number of ether oxygens (including phenoxy) is 1. The maximum Gasteiger partial charge on any atom is 0.284 e. The Bertz CT molecular complexity index is 1830. The lowest BCUT2D eigenvalue weighted by Crippen LogP contribution is -2.25. The summed E-state index contributed by atoms with van der Waals surface area (Å²) < 4.78 is 25.4. The maximum atomic E-state index is 15.0. The number of aromatic nitrogens is 4. The van der Waals surface area contributed by atoms with Gasteiger partial charge in [-0.25, -0.2) is 14.1 Å². The van der Waals surface area contributed by atoms with E-state index in [-0.39, 0.29) is 28.8 Å². The van der Waals surface area contributed by atoms with Gasteiger partial charge in [-0.1, -0.05) is 18.2 Å². The third-order valence-corrected chi connectivity index (χ3v) is 6.82. The highest BCUT2D eigenvalue weighted by atomic mass is 19.1. The molecule has 0 saturated heterocycles. The van der Waals surface area contributed by atoms with Crippen molar-refractivity contribution in [3.05, 3.63) is 100 Å². The summed E-state index contributed by atoms with van der Waals surface area (Å²) in [7, 11) is 1.69. The molecule has 2 amide bonds. The number of nitrogens with zero attached hydrogens (tertiary/aromatic N) is 4. The molecule has 1 aliphatic rings. The number of pyridine rings is 1. The zero-order valence-electron chi connectivity index (χ0n) is 21.7. The fourth-order valence-corrected chi connectivity index (χ4v) is 4.48. The van der Waals surface area contributed by atoms with Gasteiger partial charge in [0, 0.05) is 24.7 Å². The lowest BCUT2D eigenvalue weighted by molar-refractivity contribution is -0.117. The number of benzene rings is 2. The molecule has 3 aromatic heterocycles. The van der Waals surface area contributed by atoms with Gasteiger partial charge in [0.1, 0.15) is 17.0 Å². The van der Waals surface area contributed by atoms with Gasteiger partial charge in [-0.2, -0.15) is 0 Å². The minimum Gasteiger partial charge on any atom is -0.453 e. The molecular weight excluding hydrogens is 515 g/mol. The molecule has 6 rings (SSSR count). The quantitative estimate of drug-likeness (QED) is 0.312. The first-order valence-electron chi connectivity index (χ1n) is 12.7. The van der Waals surface area contributed by atoms with Crippen LogP contribution in [0.1, 0.15) is 28.9 Å². The summed E-state index contributed by atoms with van der Waals surface area (Å²) in [6.45, 7) is 1.67. The Kier molecular flexibility index (Phi) is 6.18. The number of carbonyl (C=O) groups excluding carboxylic acids is 2. The monoisotopic (exact) mass is 540 g/mol. The van der Waals surface area contributed by atoms with Gasteiger partial charge in [-0.15, -0.1) is 0 Å². The van der Waals surface area contributed by atoms with Gasteiger partial charge < -0.3 is 19.8 Å². The SMILES string of the molecule is Cc1c(C(=O)Nc2ccc(Oc3ccc4nc(NC(=O)C5CC5)cn4c3)c(F)c2)c(=O)n(-c2ccccc2)n1C. The topological polar surface area (TPSA) is 112 Å². The van der Waals surface area contributed by atoms with Gasteiger partial charge in [0.25, 0.3) is 11.5 Å². The van der Waals surface area contributed by atoms with Crippen LogP contribution in [0.5, 0.6) is 11.5 Å². The number of rotatable bonds is 7. The zero-order valence-corrected chi connectivity index (χ0v) is 21.7. The highest BCUT2D eigenvalue weighted by Crippen LogP contribution is 2.31. The van der Waals surface area contributed by atoms with Crippen LogP contribution in [0.2, 0.25) is 0 Å². The fourth-order valence-electron chi connectivity index (χ4n) is 4.48. The predicted molar refractivity (Wildman–Crippen MR) is 147 cm³/mol. The van der Waals surface area contributed by atoms with Crippen molar-refractivity contribution in [2.45, 2.75) is 19.8 Å². The van der Waals surface area contributed by atoms with E-state index in [2.05, 4.69) is 15.6 Å². The summed E-state index contributed by atoms with van der Waals surface area (Å²) in [5, 5.41) is 5.41. The molecule has 3 heterocycles. The average Bonchev–Trinajstić information content (AvgIpc) is 3.67. The summed E-state index contributed by atoms with van der Waals surface area (Å²) >= 11 is 0. The minimum atomic E-state index is -0.701. The number of nitrogens with one attached hydrogen (secondary N) is 2. The summed E-state index contributed by atoms with van der Waals surface area (Å²) in [5.41, 5.74) is 1.35. The molecule has 40 heavy (non-hydrogen) atoms. The Morgan fingerprint density at radius 3 is 2.52 bits per heavy atom. The second-order valence-corrected chi connectivity index (χ2v) is 9.66. The molecule has 0 spiro atoms. The van der Waals surface area contributed by atoms with Crippen molar-refractivity contribution in [3.63, 3.8) is 0 Å². The Morgan fingerprint density at radius 1 is 1.02 bits per heavy atom. The molecular formula is C29H25FN6O4. The van der Waals surface area contributed by atoms with Crippen molar-refractivity contribution in [2.75, 3.05) is 10.6 Å². The number of anilines is 2. The van der Waals surface area contributed by atoms with Crippen LogP contribution in [0.3, 0.4) is 0 Å². The minimum absolute atomic E-state index is 0.0339. The second kappa shape index (κ2) is 9.84. The molecule has 11 heteroatoms. The molecule has 0 aliphatic heterocycles. The molecule has 0 radical (unpaired) electrons. The largest absolute Gasteiger partial charge is 0.453 e. The van der Waals surface area contributed by atoms with Gasteiger partial charge >= 0.3 is 0 Å². The third kappa shape index (κ3) is 4.73. The van der Waals surface area contributed by atoms with Crippen LogP contribution in [0.4, 0.5) is 15.9 Å². The van der Waals surface area contributed by atoms with E-state index in [1.54, 1.807) is 71.8 Å². The number of imidazole rings is 1. The average molecular weight is 541 g/mol. The van der Waals surface area contributed by atoms with E-state index in [1.807, 2.05) is 6.07 Å². The Labute approximate surface area is 227 Å². The predicted octanol–water partition coefficient (Wildman–Crippen LogP) is 4.66. The first kappa shape index (κ1) is 25.1. The molecule has 0 bridgehead atoms. The lowest BCUT2D eigenvalue weighted by Gasteiger charge is -2.09. The van der Waals surface area contributed by atoms with Gasteiger partial charge in [-0.05, 0) is 56.2 Å². The maximum absolute atomic E-state index is 15.0. The van der Waals surface area contributed by atoms with E-state index in [0.29, 0.717) is 28.6 Å². The Hall–Kier alpha value is -5.19. The van der Waals surface area contributed by atoms with E-state index in [0.717, 1.165) is 18.9 Å². The molecule has 1 fully saturated rings. The molecule has 1 saturated carbocycles. The highest BCUT2D eigenvalue weighted by Gasteiger charge is 2.30. The van der Waals surface area contributed by atoms with Crippen molar-refractivity contribution in [2.24, 2.45) is 13.0 Å². The van der Waals surface area contributed by atoms with Crippen LogP contribution in [0, 0.1) is 18.7 Å². The van der Waals surface area contributed by atoms with Crippen molar-refractivity contribution >= 4 is 29.0 Å². The van der Waals surface area contributed by atoms with Crippen molar-refractivity contribution in [3.8, 4) is 17.2 Å². The molecule has 0 atom stereocenters. The number of halogens is 1.